The Morgan fingerprint density at radius 2 is 2.10 bits per heavy atom. The standard InChI is InChI=1S/C15H14N2O4/c1-9-11(10(2)21-17-9)7-15(18)19-8-14-16-12-5-3-4-6-13(12)20-14/h3-6H,7-8H2,1-2H3. The van der Waals surface area contributed by atoms with Crippen LogP contribution in [0.15, 0.2) is 33.2 Å². The number of hydrogen-bond donors (Lipinski definition) is 0. The van der Waals surface area contributed by atoms with Crippen LogP contribution in [0.4, 0.5) is 0 Å². The van der Waals surface area contributed by atoms with Gasteiger partial charge in [-0.3, -0.25) is 4.79 Å². The molecule has 2 heterocycles. The summed E-state index contributed by atoms with van der Waals surface area (Å²) >= 11 is 0. The van der Waals surface area contributed by atoms with Crippen LogP contribution >= 0.6 is 0 Å². The van der Waals surface area contributed by atoms with Gasteiger partial charge in [-0.25, -0.2) is 4.98 Å². The number of hydrogen-bond acceptors (Lipinski definition) is 6. The summed E-state index contributed by atoms with van der Waals surface area (Å²) in [4.78, 5) is 16.1. The Bertz CT molecular complexity index is 735. The molecule has 0 atom stereocenters. The highest BCUT2D eigenvalue weighted by Gasteiger charge is 2.15. The number of carbonyl (C=O) groups is 1. The van der Waals surface area contributed by atoms with Crippen LogP contribution in [0.5, 0.6) is 0 Å². The molecule has 0 aliphatic rings. The Hall–Kier alpha value is -2.63. The van der Waals surface area contributed by atoms with E-state index >= 15 is 0 Å². The number of nitrogens with zero attached hydrogens (tertiary/aromatic N) is 2. The molecule has 21 heavy (non-hydrogen) atoms. The Kier molecular flexibility index (Phi) is 3.43. The first kappa shape index (κ1) is 13.4. The quantitative estimate of drug-likeness (QED) is 0.686. The maximum Gasteiger partial charge on any atom is 0.310 e. The minimum atomic E-state index is -0.369. The van der Waals surface area contributed by atoms with Crippen molar-refractivity contribution in [3.05, 3.63) is 47.2 Å². The van der Waals surface area contributed by atoms with E-state index in [9.17, 15) is 4.79 Å². The summed E-state index contributed by atoms with van der Waals surface area (Å²) < 4.78 is 15.7. The molecule has 6 heteroatoms. The molecule has 6 nitrogen and oxygen atoms in total. The van der Waals surface area contributed by atoms with Crippen LogP contribution in [-0.2, 0) is 22.6 Å². The highest BCUT2D eigenvalue weighted by Crippen LogP contribution is 2.16. The molecule has 1 aromatic carbocycles. The van der Waals surface area contributed by atoms with Crippen LogP contribution in [0.3, 0.4) is 0 Å². The average Bonchev–Trinajstić information content (AvgIpc) is 3.03. The number of para-hydroxylation sites is 2. The van der Waals surface area contributed by atoms with E-state index in [1.807, 2.05) is 24.3 Å². The zero-order chi connectivity index (χ0) is 14.8. The number of carbonyl (C=O) groups excluding carboxylic acids is 1. The van der Waals surface area contributed by atoms with E-state index in [0.717, 1.165) is 11.1 Å². The first-order valence-corrected chi connectivity index (χ1v) is 6.55. The van der Waals surface area contributed by atoms with E-state index in [1.165, 1.54) is 0 Å². The molecular formula is C15H14N2O4. The second kappa shape index (κ2) is 5.40. The third kappa shape index (κ3) is 2.79. The molecule has 3 aromatic rings. The summed E-state index contributed by atoms with van der Waals surface area (Å²) in [7, 11) is 0. The maximum atomic E-state index is 11.8. The van der Waals surface area contributed by atoms with Crippen molar-refractivity contribution >= 4 is 17.1 Å². The van der Waals surface area contributed by atoms with Crippen molar-refractivity contribution in [3.63, 3.8) is 0 Å². The fourth-order valence-corrected chi connectivity index (χ4v) is 2.07. The van der Waals surface area contributed by atoms with Crippen LogP contribution in [0.25, 0.3) is 11.1 Å². The van der Waals surface area contributed by atoms with E-state index in [4.69, 9.17) is 13.7 Å². The normalized spacial score (nSPS) is 11.0. The summed E-state index contributed by atoms with van der Waals surface area (Å²) in [5, 5.41) is 3.80. The molecule has 0 bridgehead atoms. The lowest BCUT2D eigenvalue weighted by Gasteiger charge is -2.01. The van der Waals surface area contributed by atoms with E-state index < -0.39 is 0 Å². The highest BCUT2D eigenvalue weighted by atomic mass is 16.5. The van der Waals surface area contributed by atoms with Gasteiger partial charge < -0.3 is 13.7 Å². The molecule has 0 amide bonds. The van der Waals surface area contributed by atoms with Gasteiger partial charge in [0, 0.05) is 5.56 Å². The molecule has 0 spiro atoms. The molecule has 2 aromatic heterocycles. The smallest absolute Gasteiger partial charge is 0.310 e. The number of rotatable bonds is 4. The number of benzene rings is 1. The zero-order valence-corrected chi connectivity index (χ0v) is 11.8. The molecule has 3 rings (SSSR count). The fourth-order valence-electron chi connectivity index (χ4n) is 2.07. The summed E-state index contributed by atoms with van der Waals surface area (Å²) in [5.74, 6) is 0.640. The second-order valence-corrected chi connectivity index (χ2v) is 4.72. The summed E-state index contributed by atoms with van der Waals surface area (Å²) in [6.07, 6.45) is 0.126. The fraction of sp³-hybridized carbons (Fsp3) is 0.267. The Morgan fingerprint density at radius 3 is 2.81 bits per heavy atom. The highest BCUT2D eigenvalue weighted by molar-refractivity contribution is 5.73. The predicted molar refractivity (Wildman–Crippen MR) is 73.5 cm³/mol. The van der Waals surface area contributed by atoms with Crippen molar-refractivity contribution in [1.29, 1.82) is 0 Å². The molecule has 0 aliphatic heterocycles. The van der Waals surface area contributed by atoms with E-state index in [2.05, 4.69) is 10.1 Å². The third-order valence-electron chi connectivity index (χ3n) is 3.20. The van der Waals surface area contributed by atoms with Gasteiger partial charge in [0.25, 0.3) is 0 Å². The van der Waals surface area contributed by atoms with Crippen molar-refractivity contribution in [1.82, 2.24) is 10.1 Å². The van der Waals surface area contributed by atoms with Gasteiger partial charge in [0.2, 0.25) is 5.89 Å². The Morgan fingerprint density at radius 1 is 1.29 bits per heavy atom. The molecule has 0 unspecified atom stereocenters. The summed E-state index contributed by atoms with van der Waals surface area (Å²) in [6.45, 7) is 3.57. The minimum Gasteiger partial charge on any atom is -0.455 e. The largest absolute Gasteiger partial charge is 0.455 e. The van der Waals surface area contributed by atoms with Crippen molar-refractivity contribution < 1.29 is 18.5 Å². The number of fused-ring (bicyclic) bond motifs is 1. The lowest BCUT2D eigenvalue weighted by Crippen LogP contribution is -2.09. The zero-order valence-electron chi connectivity index (χ0n) is 11.8. The van der Waals surface area contributed by atoms with Crippen molar-refractivity contribution in [2.24, 2.45) is 0 Å². The monoisotopic (exact) mass is 286 g/mol. The van der Waals surface area contributed by atoms with Crippen LogP contribution in [0.1, 0.15) is 22.9 Å². The summed E-state index contributed by atoms with van der Waals surface area (Å²) in [6, 6.07) is 7.39. The van der Waals surface area contributed by atoms with Gasteiger partial charge in [0.1, 0.15) is 11.3 Å². The lowest BCUT2D eigenvalue weighted by molar-refractivity contribution is -0.144. The molecule has 0 fully saturated rings. The van der Waals surface area contributed by atoms with Gasteiger partial charge in [-0.1, -0.05) is 17.3 Å². The van der Waals surface area contributed by atoms with E-state index in [0.29, 0.717) is 22.9 Å². The minimum absolute atomic E-state index is 0.0108. The van der Waals surface area contributed by atoms with Crippen LogP contribution in [-0.4, -0.2) is 16.1 Å². The Balaban J connectivity index is 1.63. The maximum absolute atomic E-state index is 11.8. The van der Waals surface area contributed by atoms with Crippen molar-refractivity contribution in [2.45, 2.75) is 26.9 Å². The van der Waals surface area contributed by atoms with Gasteiger partial charge in [0.05, 0.1) is 12.1 Å². The number of aryl methyl sites for hydroxylation is 2. The van der Waals surface area contributed by atoms with Crippen LogP contribution in [0, 0.1) is 13.8 Å². The van der Waals surface area contributed by atoms with E-state index in [1.54, 1.807) is 13.8 Å². The third-order valence-corrected chi connectivity index (χ3v) is 3.20. The first-order chi connectivity index (χ1) is 10.1. The SMILES string of the molecule is Cc1noc(C)c1CC(=O)OCc1nc2ccccc2o1. The average molecular weight is 286 g/mol. The number of esters is 1. The number of ether oxygens (including phenoxy) is 1. The second-order valence-electron chi connectivity index (χ2n) is 4.72. The first-order valence-electron chi connectivity index (χ1n) is 6.55. The van der Waals surface area contributed by atoms with E-state index in [-0.39, 0.29) is 19.0 Å². The predicted octanol–water partition coefficient (Wildman–Crippen LogP) is 2.72. The van der Waals surface area contributed by atoms with Gasteiger partial charge in [0.15, 0.2) is 12.2 Å². The number of oxazole rings is 1. The number of aromatic nitrogens is 2. The molecule has 0 saturated carbocycles. The summed E-state index contributed by atoms with van der Waals surface area (Å²) in [5.41, 5.74) is 2.88. The van der Waals surface area contributed by atoms with Crippen molar-refractivity contribution in [3.8, 4) is 0 Å². The molecule has 0 radical (unpaired) electrons. The van der Waals surface area contributed by atoms with Crippen molar-refractivity contribution in [2.75, 3.05) is 0 Å². The van der Waals surface area contributed by atoms with Gasteiger partial charge in [-0.05, 0) is 26.0 Å². The van der Waals surface area contributed by atoms with Gasteiger partial charge >= 0.3 is 5.97 Å². The molecule has 0 aliphatic carbocycles. The molecule has 0 N–H and O–H groups in total. The topological polar surface area (TPSA) is 78.4 Å². The van der Waals surface area contributed by atoms with Crippen LogP contribution in [0.2, 0.25) is 0 Å². The van der Waals surface area contributed by atoms with Crippen LogP contribution < -0.4 is 0 Å². The lowest BCUT2D eigenvalue weighted by atomic mass is 10.1. The molecule has 108 valence electrons. The van der Waals surface area contributed by atoms with Gasteiger partial charge in [-0.15, -0.1) is 0 Å². The Labute approximate surface area is 120 Å². The van der Waals surface area contributed by atoms with Gasteiger partial charge in [-0.2, -0.15) is 0 Å². The molecule has 0 saturated heterocycles. The molecular weight excluding hydrogens is 272 g/mol.